The van der Waals surface area contributed by atoms with Crippen LogP contribution in [0.3, 0.4) is 0 Å². The molecule has 0 rings (SSSR count). The Hall–Kier alpha value is -1.63. The van der Waals surface area contributed by atoms with E-state index in [0.717, 1.165) is 90.1 Å². The summed E-state index contributed by atoms with van der Waals surface area (Å²) in [4.78, 5) is 41.5. The van der Waals surface area contributed by atoms with Gasteiger partial charge in [-0.3, -0.25) is 14.4 Å². The second-order valence-electron chi connectivity index (χ2n) is 19.7. The van der Waals surface area contributed by atoms with E-state index in [9.17, 15) is 14.4 Å². The highest BCUT2D eigenvalue weighted by atomic mass is 16.5. The van der Waals surface area contributed by atoms with Crippen molar-refractivity contribution in [3.63, 3.8) is 0 Å². The highest BCUT2D eigenvalue weighted by Crippen LogP contribution is 2.25. The molecule has 0 aromatic heterocycles. The first-order valence-electron chi connectivity index (χ1n) is 28.0. The highest BCUT2D eigenvalue weighted by Gasteiger charge is 2.25. The van der Waals surface area contributed by atoms with E-state index in [2.05, 4.69) is 51.8 Å². The number of amides is 1. The third kappa shape index (κ3) is 38.2. The van der Waals surface area contributed by atoms with Crippen LogP contribution in [0, 0.1) is 17.8 Å². The van der Waals surface area contributed by atoms with Crippen molar-refractivity contribution in [1.82, 2.24) is 10.2 Å². The fraction of sp³-hybridized carbons (Fsp3) is 0.946. The first-order chi connectivity index (χ1) is 30.8. The molecule has 0 aliphatic heterocycles. The zero-order chi connectivity index (χ0) is 46.4. The lowest BCUT2D eigenvalue weighted by Gasteiger charge is -2.35. The molecule has 7 heteroatoms. The topological polar surface area (TPSA) is 84.9 Å². The number of esters is 2. The summed E-state index contributed by atoms with van der Waals surface area (Å²) >= 11 is 0. The number of nitrogens with one attached hydrogen (secondary N) is 1. The van der Waals surface area contributed by atoms with E-state index in [4.69, 9.17) is 9.47 Å². The van der Waals surface area contributed by atoms with Gasteiger partial charge in [-0.15, -0.1) is 0 Å². The summed E-state index contributed by atoms with van der Waals surface area (Å²) in [5.41, 5.74) is 0. The average molecular weight is 892 g/mol. The van der Waals surface area contributed by atoms with Gasteiger partial charge in [0.15, 0.2) is 0 Å². The Bertz CT molecular complexity index is 950. The molecule has 63 heavy (non-hydrogen) atoms. The van der Waals surface area contributed by atoms with Crippen LogP contribution in [0.25, 0.3) is 0 Å². The highest BCUT2D eigenvalue weighted by molar-refractivity contribution is 5.76. The van der Waals surface area contributed by atoms with Gasteiger partial charge in [-0.2, -0.15) is 0 Å². The van der Waals surface area contributed by atoms with Crippen molar-refractivity contribution >= 4 is 17.8 Å². The fourth-order valence-electron chi connectivity index (χ4n) is 9.27. The number of carbonyl (C=O) groups is 3. The third-order valence-corrected chi connectivity index (χ3v) is 13.7. The lowest BCUT2D eigenvalue weighted by molar-refractivity contribution is -0.146. The third-order valence-electron chi connectivity index (χ3n) is 13.7. The van der Waals surface area contributed by atoms with E-state index in [1.54, 1.807) is 0 Å². The van der Waals surface area contributed by atoms with Gasteiger partial charge >= 0.3 is 11.9 Å². The van der Waals surface area contributed by atoms with Crippen LogP contribution in [0.2, 0.25) is 0 Å². The summed E-state index contributed by atoms with van der Waals surface area (Å²) in [5.74, 6) is 1.95. The Morgan fingerprint density at radius 1 is 0.413 bits per heavy atom. The van der Waals surface area contributed by atoms with Gasteiger partial charge < -0.3 is 19.7 Å². The standard InChI is InChI=1S/C56H110N2O5/c1-8-14-19-29-39-51(37-17-11-4)48-62-55(60)44-33-27-23-21-25-31-41-53(58(54(59)43-35-46-57-7)47-50(13-6)36-16-10-3)42-32-26-22-24-28-34-45-56(61)63-49-52(38-18-12-5)40-30-20-15-9-2/h50-53,57H,8-49H2,1-7H3/t50-,51+,52?,53?/m0/s1. The molecule has 0 saturated carbocycles. The second kappa shape index (κ2) is 46.9. The lowest BCUT2D eigenvalue weighted by atomic mass is 9.94. The van der Waals surface area contributed by atoms with Crippen LogP contribution in [0.5, 0.6) is 0 Å². The normalized spacial score (nSPS) is 13.4. The zero-order valence-corrected chi connectivity index (χ0v) is 43.5. The zero-order valence-electron chi connectivity index (χ0n) is 43.5. The van der Waals surface area contributed by atoms with Crippen molar-refractivity contribution < 1.29 is 23.9 Å². The Morgan fingerprint density at radius 2 is 0.778 bits per heavy atom. The molecule has 1 N–H and O–H groups in total. The number of unbranched alkanes of at least 4 members (excludes halogenated alkanes) is 19. The van der Waals surface area contributed by atoms with Gasteiger partial charge in [0.25, 0.3) is 0 Å². The minimum atomic E-state index is -0.00809. The Balaban J connectivity index is 4.99. The van der Waals surface area contributed by atoms with Crippen LogP contribution in [0.15, 0.2) is 0 Å². The van der Waals surface area contributed by atoms with Crippen LogP contribution in [0.4, 0.5) is 0 Å². The lowest BCUT2D eigenvalue weighted by Crippen LogP contribution is -2.43. The fourth-order valence-corrected chi connectivity index (χ4v) is 9.27. The molecule has 0 heterocycles. The Kier molecular flexibility index (Phi) is 45.7. The molecular weight excluding hydrogens is 781 g/mol. The van der Waals surface area contributed by atoms with Crippen LogP contribution >= 0.6 is 0 Å². The first kappa shape index (κ1) is 61.4. The molecule has 0 aromatic carbocycles. The number of rotatable bonds is 49. The molecule has 7 nitrogen and oxygen atoms in total. The predicted molar refractivity (Wildman–Crippen MR) is 271 cm³/mol. The number of hydrogen-bond donors (Lipinski definition) is 1. The first-order valence-corrected chi connectivity index (χ1v) is 28.0. The molecule has 374 valence electrons. The van der Waals surface area contributed by atoms with Crippen molar-refractivity contribution in [3.05, 3.63) is 0 Å². The number of hydrogen-bond acceptors (Lipinski definition) is 6. The van der Waals surface area contributed by atoms with Crippen molar-refractivity contribution in [2.75, 3.05) is 33.4 Å². The maximum atomic E-state index is 13.9. The molecule has 0 aliphatic rings. The SMILES string of the molecule is CCCCCCC(CCCC)COC(=O)CCCCCCCCC(CCCCCCCCC(=O)OC[C@H](CCCC)CCCCCC)N(C[C@@H](CC)CCCC)C(=O)CCCNC. The van der Waals surface area contributed by atoms with Crippen molar-refractivity contribution in [3.8, 4) is 0 Å². The van der Waals surface area contributed by atoms with Gasteiger partial charge in [0.05, 0.1) is 13.2 Å². The van der Waals surface area contributed by atoms with Crippen molar-refractivity contribution in [2.24, 2.45) is 17.8 Å². The Morgan fingerprint density at radius 3 is 1.19 bits per heavy atom. The molecule has 0 saturated heterocycles. The monoisotopic (exact) mass is 891 g/mol. The second-order valence-corrected chi connectivity index (χ2v) is 19.7. The molecule has 0 aliphatic carbocycles. The van der Waals surface area contributed by atoms with Gasteiger partial charge in [0.2, 0.25) is 5.91 Å². The van der Waals surface area contributed by atoms with Crippen molar-refractivity contribution in [1.29, 1.82) is 0 Å². The Labute approximate surface area is 393 Å². The maximum absolute atomic E-state index is 13.9. The molecule has 0 radical (unpaired) electrons. The van der Waals surface area contributed by atoms with E-state index < -0.39 is 0 Å². The summed E-state index contributed by atoms with van der Waals surface area (Å²) in [7, 11) is 1.97. The molecule has 0 spiro atoms. The predicted octanol–water partition coefficient (Wildman–Crippen LogP) is 16.3. The molecular formula is C56H110N2O5. The van der Waals surface area contributed by atoms with E-state index in [0.29, 0.717) is 62.2 Å². The van der Waals surface area contributed by atoms with Gasteiger partial charge in [-0.05, 0) is 95.6 Å². The molecule has 1 amide bonds. The maximum Gasteiger partial charge on any atom is 0.305 e. The summed E-state index contributed by atoms with van der Waals surface area (Å²) in [5, 5.41) is 3.24. The average Bonchev–Trinajstić information content (AvgIpc) is 3.29. The quantitative estimate of drug-likeness (QED) is 0.0484. The van der Waals surface area contributed by atoms with Gasteiger partial charge in [0.1, 0.15) is 0 Å². The van der Waals surface area contributed by atoms with Gasteiger partial charge in [0, 0.05) is 31.8 Å². The minimum absolute atomic E-state index is 0.00809. The van der Waals surface area contributed by atoms with E-state index in [-0.39, 0.29) is 11.9 Å². The van der Waals surface area contributed by atoms with Crippen LogP contribution in [0.1, 0.15) is 286 Å². The van der Waals surface area contributed by atoms with Crippen LogP contribution < -0.4 is 5.32 Å². The number of ether oxygens (including phenoxy) is 2. The number of nitrogens with zero attached hydrogens (tertiary/aromatic N) is 1. The van der Waals surface area contributed by atoms with Gasteiger partial charge in [-0.1, -0.05) is 202 Å². The molecule has 0 aromatic rings. The van der Waals surface area contributed by atoms with E-state index >= 15 is 0 Å². The summed E-state index contributed by atoms with van der Waals surface area (Å²) in [6.45, 7) is 16.6. The van der Waals surface area contributed by atoms with E-state index in [1.165, 1.54) is 148 Å². The summed E-state index contributed by atoms with van der Waals surface area (Å²) < 4.78 is 11.6. The smallest absolute Gasteiger partial charge is 0.305 e. The minimum Gasteiger partial charge on any atom is -0.465 e. The number of carbonyl (C=O) groups excluding carboxylic acids is 3. The summed E-state index contributed by atoms with van der Waals surface area (Å²) in [6, 6.07) is 0.313. The molecule has 0 fully saturated rings. The van der Waals surface area contributed by atoms with E-state index in [1.807, 2.05) is 7.05 Å². The molecule has 0 bridgehead atoms. The molecule has 4 atom stereocenters. The van der Waals surface area contributed by atoms with Crippen LogP contribution in [-0.2, 0) is 23.9 Å². The van der Waals surface area contributed by atoms with Gasteiger partial charge in [-0.25, -0.2) is 0 Å². The molecule has 2 unspecified atom stereocenters. The largest absolute Gasteiger partial charge is 0.465 e. The van der Waals surface area contributed by atoms with Crippen molar-refractivity contribution in [2.45, 2.75) is 292 Å². The van der Waals surface area contributed by atoms with Crippen LogP contribution in [-0.4, -0.2) is 62.1 Å². The summed E-state index contributed by atoms with van der Waals surface area (Å²) in [6.07, 6.45) is 42.8.